The Hall–Kier alpha value is -3.98. The van der Waals surface area contributed by atoms with Gasteiger partial charge in [0, 0.05) is 54.9 Å². The summed E-state index contributed by atoms with van der Waals surface area (Å²) in [4.78, 5) is 38.2. The van der Waals surface area contributed by atoms with Crippen molar-refractivity contribution in [3.63, 3.8) is 0 Å². The Kier molecular flexibility index (Phi) is 7.80. The van der Waals surface area contributed by atoms with E-state index in [0.29, 0.717) is 17.8 Å². The molecule has 0 saturated carbocycles. The lowest BCUT2D eigenvalue weighted by Crippen LogP contribution is -2.50. The minimum Gasteiger partial charge on any atom is -0.472 e. The number of hydrogen-bond acceptors (Lipinski definition) is 6. The van der Waals surface area contributed by atoms with E-state index in [-0.39, 0.29) is 36.9 Å². The van der Waals surface area contributed by atoms with Gasteiger partial charge >= 0.3 is 6.03 Å². The smallest absolute Gasteiger partial charge is 0.321 e. The van der Waals surface area contributed by atoms with Crippen LogP contribution in [0.1, 0.15) is 24.2 Å². The van der Waals surface area contributed by atoms with Gasteiger partial charge in [-0.15, -0.1) is 0 Å². The fourth-order valence-corrected chi connectivity index (χ4v) is 4.10. The van der Waals surface area contributed by atoms with Gasteiger partial charge in [-0.2, -0.15) is 0 Å². The number of pyridine rings is 2. The molecule has 2 N–H and O–H groups in total. The molecule has 4 rings (SSSR count). The van der Waals surface area contributed by atoms with Crippen LogP contribution >= 0.6 is 0 Å². The molecule has 3 atom stereocenters. The number of carbonyl (C=O) groups is 2. The summed E-state index contributed by atoms with van der Waals surface area (Å²) in [6.45, 7) is 4.23. The highest BCUT2D eigenvalue weighted by atomic mass is 16.5. The van der Waals surface area contributed by atoms with Gasteiger partial charge < -0.3 is 25.0 Å². The molecule has 2 aromatic heterocycles. The van der Waals surface area contributed by atoms with E-state index in [1.807, 2.05) is 49.4 Å². The van der Waals surface area contributed by atoms with Gasteiger partial charge in [-0.05, 0) is 31.2 Å². The monoisotopic (exact) mass is 489 g/mol. The van der Waals surface area contributed by atoms with Crippen molar-refractivity contribution in [1.82, 2.24) is 19.8 Å². The molecule has 0 spiro atoms. The van der Waals surface area contributed by atoms with Crippen LogP contribution in [0.25, 0.3) is 11.1 Å². The van der Waals surface area contributed by atoms with Gasteiger partial charge in [-0.25, -0.2) is 9.78 Å². The van der Waals surface area contributed by atoms with Gasteiger partial charge in [0.05, 0.1) is 19.2 Å². The van der Waals surface area contributed by atoms with Crippen LogP contribution in [0.5, 0.6) is 5.88 Å². The van der Waals surface area contributed by atoms with Gasteiger partial charge in [0.2, 0.25) is 5.88 Å². The second-order valence-corrected chi connectivity index (χ2v) is 9.12. The number of benzene rings is 1. The minimum atomic E-state index is -0.437. The van der Waals surface area contributed by atoms with E-state index >= 15 is 0 Å². The van der Waals surface area contributed by atoms with Crippen LogP contribution in [0.2, 0.25) is 0 Å². The lowest BCUT2D eigenvalue weighted by molar-refractivity contribution is 0.0356. The molecule has 9 nitrogen and oxygen atoms in total. The number of nitrogens with one attached hydrogen (secondary N) is 1. The highest BCUT2D eigenvalue weighted by Gasteiger charge is 2.34. The molecule has 3 aromatic rings. The Morgan fingerprint density at radius 1 is 1.22 bits per heavy atom. The molecule has 36 heavy (non-hydrogen) atoms. The SMILES string of the molecule is C[C@@H]1CN([C@@H](C)CO)C(=O)c2cc(-c3cccnc3)cnc2O[C@@H]1CN(C)C(=O)Nc1ccccc1. The Labute approximate surface area is 210 Å². The molecule has 1 aliphatic heterocycles. The molecule has 1 aromatic carbocycles. The third-order valence-corrected chi connectivity index (χ3v) is 6.34. The quantitative estimate of drug-likeness (QED) is 0.549. The average molecular weight is 490 g/mol. The number of urea groups is 1. The third-order valence-electron chi connectivity index (χ3n) is 6.34. The standard InChI is InChI=1S/C27H31N5O4/c1-18-15-32(19(2)17-33)26(34)23-12-21(20-8-7-11-28-13-20)14-29-25(23)36-24(18)16-31(3)27(35)30-22-9-5-4-6-10-22/h4-14,18-19,24,33H,15-17H2,1-3H3,(H,30,35)/t18-,19+,24-/m1/s1. The summed E-state index contributed by atoms with van der Waals surface area (Å²) in [5.74, 6) is -0.190. The van der Waals surface area contributed by atoms with Crippen LogP contribution in [-0.2, 0) is 0 Å². The minimum absolute atomic E-state index is 0.136. The van der Waals surface area contributed by atoms with E-state index in [4.69, 9.17) is 4.74 Å². The van der Waals surface area contributed by atoms with Crippen molar-refractivity contribution in [3.05, 3.63) is 72.7 Å². The lowest BCUT2D eigenvalue weighted by atomic mass is 9.99. The lowest BCUT2D eigenvalue weighted by Gasteiger charge is -2.37. The van der Waals surface area contributed by atoms with Crippen LogP contribution < -0.4 is 10.1 Å². The number of aromatic nitrogens is 2. The maximum absolute atomic E-state index is 13.6. The first kappa shape index (κ1) is 25.1. The van der Waals surface area contributed by atoms with Gasteiger partial charge in [0.15, 0.2) is 0 Å². The van der Waals surface area contributed by atoms with Crippen molar-refractivity contribution in [2.75, 3.05) is 32.1 Å². The van der Waals surface area contributed by atoms with E-state index in [0.717, 1.165) is 11.1 Å². The summed E-state index contributed by atoms with van der Waals surface area (Å²) >= 11 is 0. The fraction of sp³-hybridized carbons (Fsp3) is 0.333. The first-order valence-corrected chi connectivity index (χ1v) is 11.9. The Bertz CT molecular complexity index is 1190. The number of nitrogens with zero attached hydrogens (tertiary/aromatic N) is 4. The van der Waals surface area contributed by atoms with Crippen molar-refractivity contribution in [1.29, 1.82) is 0 Å². The predicted molar refractivity (Wildman–Crippen MR) is 137 cm³/mol. The van der Waals surface area contributed by atoms with Gasteiger partial charge in [-0.1, -0.05) is 31.2 Å². The highest BCUT2D eigenvalue weighted by Crippen LogP contribution is 2.30. The number of aliphatic hydroxyl groups is 1. The van der Waals surface area contributed by atoms with Gasteiger partial charge in [-0.3, -0.25) is 9.78 Å². The summed E-state index contributed by atoms with van der Waals surface area (Å²) in [5.41, 5.74) is 2.57. The molecule has 3 heterocycles. The van der Waals surface area contributed by atoms with Crippen LogP contribution in [0.3, 0.4) is 0 Å². The third kappa shape index (κ3) is 5.63. The molecule has 188 valence electrons. The van der Waals surface area contributed by atoms with Gasteiger partial charge in [0.25, 0.3) is 5.91 Å². The van der Waals surface area contributed by atoms with E-state index in [2.05, 4.69) is 15.3 Å². The van der Waals surface area contributed by atoms with Crippen LogP contribution in [0, 0.1) is 5.92 Å². The van der Waals surface area contributed by atoms with Crippen molar-refractivity contribution in [3.8, 4) is 17.0 Å². The summed E-state index contributed by atoms with van der Waals surface area (Å²) in [7, 11) is 1.70. The van der Waals surface area contributed by atoms with Crippen molar-refractivity contribution >= 4 is 17.6 Å². The van der Waals surface area contributed by atoms with Crippen molar-refractivity contribution < 1.29 is 19.4 Å². The molecule has 0 fully saturated rings. The van der Waals surface area contributed by atoms with E-state index < -0.39 is 12.1 Å². The maximum Gasteiger partial charge on any atom is 0.321 e. The molecule has 0 unspecified atom stereocenters. The number of rotatable bonds is 6. The number of carbonyl (C=O) groups excluding carboxylic acids is 2. The summed E-state index contributed by atoms with van der Waals surface area (Å²) in [6, 6.07) is 14.0. The second kappa shape index (κ2) is 11.2. The van der Waals surface area contributed by atoms with E-state index in [1.165, 1.54) is 0 Å². The normalized spacial score (nSPS) is 18.3. The fourth-order valence-electron chi connectivity index (χ4n) is 4.10. The van der Waals surface area contributed by atoms with E-state index in [9.17, 15) is 14.7 Å². The molecule has 1 aliphatic rings. The molecule has 0 radical (unpaired) electrons. The molecule has 0 aliphatic carbocycles. The topological polar surface area (TPSA) is 108 Å². The largest absolute Gasteiger partial charge is 0.472 e. The summed E-state index contributed by atoms with van der Waals surface area (Å²) in [6.07, 6.45) is 4.60. The Morgan fingerprint density at radius 2 is 2.00 bits per heavy atom. The zero-order valence-corrected chi connectivity index (χ0v) is 20.7. The van der Waals surface area contributed by atoms with Crippen molar-refractivity contribution in [2.24, 2.45) is 5.92 Å². The first-order chi connectivity index (χ1) is 17.4. The average Bonchev–Trinajstić information content (AvgIpc) is 2.91. The summed E-state index contributed by atoms with van der Waals surface area (Å²) < 4.78 is 6.28. The predicted octanol–water partition coefficient (Wildman–Crippen LogP) is 3.53. The van der Waals surface area contributed by atoms with Crippen LogP contribution in [-0.4, -0.2) is 75.7 Å². The molecule has 9 heteroatoms. The number of hydrogen-bond donors (Lipinski definition) is 2. The number of ether oxygens (including phenoxy) is 1. The first-order valence-electron chi connectivity index (χ1n) is 11.9. The van der Waals surface area contributed by atoms with Crippen LogP contribution in [0.15, 0.2) is 67.1 Å². The van der Waals surface area contributed by atoms with Crippen molar-refractivity contribution in [2.45, 2.75) is 26.0 Å². The number of aliphatic hydroxyl groups excluding tert-OH is 1. The number of fused-ring (bicyclic) bond motifs is 1. The van der Waals surface area contributed by atoms with Crippen LogP contribution in [0.4, 0.5) is 10.5 Å². The molecular weight excluding hydrogens is 458 g/mol. The second-order valence-electron chi connectivity index (χ2n) is 9.12. The van der Waals surface area contributed by atoms with Gasteiger partial charge in [0.1, 0.15) is 11.7 Å². The zero-order valence-electron chi connectivity index (χ0n) is 20.7. The number of likely N-dealkylation sites (N-methyl/N-ethyl adjacent to an activating group) is 1. The number of para-hydroxylation sites is 1. The van der Waals surface area contributed by atoms with E-state index in [1.54, 1.807) is 48.4 Å². The Balaban J connectivity index is 1.62. The highest BCUT2D eigenvalue weighted by molar-refractivity contribution is 5.98. The number of anilines is 1. The number of amides is 3. The Morgan fingerprint density at radius 3 is 2.69 bits per heavy atom. The molecule has 3 amide bonds. The summed E-state index contributed by atoms with van der Waals surface area (Å²) in [5, 5.41) is 12.7. The maximum atomic E-state index is 13.6. The zero-order chi connectivity index (χ0) is 25.7. The molecule has 0 saturated heterocycles. The molecule has 0 bridgehead atoms. The molecular formula is C27H31N5O4.